The van der Waals surface area contributed by atoms with Gasteiger partial charge in [0.15, 0.2) is 0 Å². The van der Waals surface area contributed by atoms with E-state index in [0.717, 1.165) is 13.0 Å². The first-order valence-electron chi connectivity index (χ1n) is 2.70. The van der Waals surface area contributed by atoms with Gasteiger partial charge in [0, 0.05) is 16.9 Å². The third kappa shape index (κ3) is 1.61. The van der Waals surface area contributed by atoms with Crippen LogP contribution < -0.4 is 5.32 Å². The van der Waals surface area contributed by atoms with E-state index in [4.69, 9.17) is 0 Å². The van der Waals surface area contributed by atoms with Gasteiger partial charge in [-0.15, -0.1) is 0 Å². The largest absolute Gasteiger partial charge is 0.355 e. The fourth-order valence-electron chi connectivity index (χ4n) is 0.703. The molecule has 1 atom stereocenters. The quantitative estimate of drug-likeness (QED) is 0.477. The van der Waals surface area contributed by atoms with Crippen molar-refractivity contribution in [3.8, 4) is 0 Å². The van der Waals surface area contributed by atoms with E-state index in [9.17, 15) is 4.79 Å². The minimum absolute atomic E-state index is 0.206. The monoisotopic (exact) mass is 225 g/mol. The average molecular weight is 225 g/mol. The van der Waals surface area contributed by atoms with E-state index in [2.05, 4.69) is 27.9 Å². The van der Waals surface area contributed by atoms with Crippen molar-refractivity contribution < 1.29 is 4.79 Å². The summed E-state index contributed by atoms with van der Waals surface area (Å²) >= 11 is 2.35. The molecule has 3 heteroatoms. The van der Waals surface area contributed by atoms with E-state index in [1.807, 2.05) is 0 Å². The Bertz CT molecular complexity index is 94.6. The highest BCUT2D eigenvalue weighted by atomic mass is 127. The van der Waals surface area contributed by atoms with Crippen molar-refractivity contribution >= 4 is 28.5 Å². The van der Waals surface area contributed by atoms with Crippen LogP contribution in [0.25, 0.3) is 0 Å². The maximum Gasteiger partial charge on any atom is 0.220 e. The lowest BCUT2D eigenvalue weighted by molar-refractivity contribution is -0.122. The van der Waals surface area contributed by atoms with Crippen LogP contribution in [0.4, 0.5) is 0 Å². The Morgan fingerprint density at radius 3 is 2.88 bits per heavy atom. The number of nitrogens with one attached hydrogen (secondary N) is 1. The predicted molar refractivity (Wildman–Crippen MR) is 40.1 cm³/mol. The molecule has 0 unspecified atom stereocenters. The van der Waals surface area contributed by atoms with Gasteiger partial charge in [-0.3, -0.25) is 4.79 Å². The number of piperidine rings is 1. The first kappa shape index (κ1) is 6.32. The second kappa shape index (κ2) is 2.66. The number of rotatable bonds is 0. The van der Waals surface area contributed by atoms with Crippen molar-refractivity contribution in [3.63, 3.8) is 0 Å². The maximum atomic E-state index is 10.5. The lowest BCUT2D eigenvalue weighted by atomic mass is 10.2. The molecule has 0 aliphatic carbocycles. The van der Waals surface area contributed by atoms with Gasteiger partial charge in [0.1, 0.15) is 0 Å². The first-order chi connectivity index (χ1) is 3.79. The Morgan fingerprint density at radius 2 is 2.50 bits per heavy atom. The second-order valence-corrected chi connectivity index (χ2v) is 3.70. The van der Waals surface area contributed by atoms with Gasteiger partial charge in [-0.1, -0.05) is 22.6 Å². The van der Waals surface area contributed by atoms with Crippen molar-refractivity contribution in [1.82, 2.24) is 5.32 Å². The van der Waals surface area contributed by atoms with Crippen LogP contribution in [0.15, 0.2) is 0 Å². The van der Waals surface area contributed by atoms with E-state index >= 15 is 0 Å². The van der Waals surface area contributed by atoms with Crippen LogP contribution in [0.3, 0.4) is 0 Å². The third-order valence-electron chi connectivity index (χ3n) is 1.21. The van der Waals surface area contributed by atoms with Gasteiger partial charge in [-0.2, -0.15) is 0 Å². The van der Waals surface area contributed by atoms with Crippen LogP contribution in [0.5, 0.6) is 0 Å². The SMILES string of the molecule is O=C1CC[C@@H](I)CN1. The molecule has 1 rings (SSSR count). The van der Waals surface area contributed by atoms with Crippen LogP contribution in [0, 0.1) is 0 Å². The summed E-state index contributed by atoms with van der Waals surface area (Å²) < 4.78 is 0.658. The molecule has 1 N–H and O–H groups in total. The fourth-order valence-corrected chi connectivity index (χ4v) is 1.23. The van der Waals surface area contributed by atoms with Crippen molar-refractivity contribution in [2.75, 3.05) is 6.54 Å². The molecule has 1 amide bonds. The number of alkyl halides is 1. The van der Waals surface area contributed by atoms with E-state index in [1.54, 1.807) is 0 Å². The number of amides is 1. The van der Waals surface area contributed by atoms with Gasteiger partial charge in [-0.05, 0) is 6.42 Å². The second-order valence-electron chi connectivity index (χ2n) is 1.94. The van der Waals surface area contributed by atoms with Crippen molar-refractivity contribution in [2.24, 2.45) is 0 Å². The van der Waals surface area contributed by atoms with Crippen LogP contribution in [0.2, 0.25) is 0 Å². The lowest BCUT2D eigenvalue weighted by Gasteiger charge is -2.15. The molecule has 2 nitrogen and oxygen atoms in total. The molecule has 0 aromatic rings. The highest BCUT2D eigenvalue weighted by Crippen LogP contribution is 2.10. The molecule has 0 aromatic heterocycles. The zero-order valence-electron chi connectivity index (χ0n) is 4.48. The van der Waals surface area contributed by atoms with Crippen LogP contribution in [-0.4, -0.2) is 16.4 Å². The number of hydrogen-bond donors (Lipinski definition) is 1. The van der Waals surface area contributed by atoms with Gasteiger partial charge >= 0.3 is 0 Å². The zero-order valence-corrected chi connectivity index (χ0v) is 6.64. The van der Waals surface area contributed by atoms with Gasteiger partial charge in [-0.25, -0.2) is 0 Å². The number of hydrogen-bond acceptors (Lipinski definition) is 1. The van der Waals surface area contributed by atoms with Gasteiger partial charge < -0.3 is 5.32 Å². The normalized spacial score (nSPS) is 29.6. The minimum Gasteiger partial charge on any atom is -0.355 e. The maximum absolute atomic E-state index is 10.5. The molecule has 1 heterocycles. The molecule has 0 spiro atoms. The summed E-state index contributed by atoms with van der Waals surface area (Å²) in [5, 5.41) is 2.79. The highest BCUT2D eigenvalue weighted by molar-refractivity contribution is 14.1. The van der Waals surface area contributed by atoms with Crippen LogP contribution in [0.1, 0.15) is 12.8 Å². The minimum atomic E-state index is 0.206. The predicted octanol–water partition coefficient (Wildman–Crippen LogP) is 0.700. The number of carbonyl (C=O) groups is 1. The third-order valence-corrected chi connectivity index (χ3v) is 2.27. The Kier molecular flexibility index (Phi) is 2.10. The Labute approximate surface area is 62.2 Å². The summed E-state index contributed by atoms with van der Waals surface area (Å²) in [5.41, 5.74) is 0. The summed E-state index contributed by atoms with van der Waals surface area (Å²) in [7, 11) is 0. The Balaban J connectivity index is 2.29. The summed E-state index contributed by atoms with van der Waals surface area (Å²) in [5.74, 6) is 0.206. The molecular weight excluding hydrogens is 217 g/mol. The van der Waals surface area contributed by atoms with Crippen LogP contribution >= 0.6 is 22.6 Å². The summed E-state index contributed by atoms with van der Waals surface area (Å²) in [4.78, 5) is 10.5. The van der Waals surface area contributed by atoms with E-state index in [0.29, 0.717) is 10.3 Å². The molecule has 1 fully saturated rings. The summed E-state index contributed by atoms with van der Waals surface area (Å²) in [6.45, 7) is 0.861. The van der Waals surface area contributed by atoms with Crippen molar-refractivity contribution in [3.05, 3.63) is 0 Å². The summed E-state index contributed by atoms with van der Waals surface area (Å²) in [6.07, 6.45) is 1.76. The molecule has 0 saturated carbocycles. The molecule has 46 valence electrons. The Morgan fingerprint density at radius 1 is 1.75 bits per heavy atom. The van der Waals surface area contributed by atoms with Crippen molar-refractivity contribution in [2.45, 2.75) is 16.8 Å². The molecule has 1 aliphatic heterocycles. The zero-order chi connectivity index (χ0) is 5.98. The number of halogens is 1. The fraction of sp³-hybridized carbons (Fsp3) is 0.800. The molecule has 8 heavy (non-hydrogen) atoms. The Hall–Kier alpha value is 0.200. The van der Waals surface area contributed by atoms with Crippen molar-refractivity contribution in [1.29, 1.82) is 0 Å². The smallest absolute Gasteiger partial charge is 0.220 e. The van der Waals surface area contributed by atoms with Crippen LogP contribution in [-0.2, 0) is 4.79 Å². The van der Waals surface area contributed by atoms with E-state index in [-0.39, 0.29) is 5.91 Å². The summed E-state index contributed by atoms with van der Waals surface area (Å²) in [6, 6.07) is 0. The molecule has 0 aromatic carbocycles. The standard InChI is InChI=1S/C5H8INO/c6-4-1-2-5(8)7-3-4/h4H,1-3H2,(H,7,8)/t4-/m1/s1. The number of carbonyl (C=O) groups excluding carboxylic acids is 1. The van der Waals surface area contributed by atoms with Gasteiger partial charge in [0.25, 0.3) is 0 Å². The molecule has 0 radical (unpaired) electrons. The topological polar surface area (TPSA) is 29.1 Å². The molecule has 1 saturated heterocycles. The highest BCUT2D eigenvalue weighted by Gasteiger charge is 2.13. The lowest BCUT2D eigenvalue weighted by Crippen LogP contribution is -2.34. The first-order valence-corrected chi connectivity index (χ1v) is 3.94. The molecule has 1 aliphatic rings. The molecule has 0 bridgehead atoms. The van der Waals surface area contributed by atoms with E-state index in [1.165, 1.54) is 0 Å². The molecular formula is C5H8INO. The van der Waals surface area contributed by atoms with Gasteiger partial charge in [0.05, 0.1) is 0 Å². The van der Waals surface area contributed by atoms with Gasteiger partial charge in [0.2, 0.25) is 5.91 Å². The average Bonchev–Trinajstić information content (AvgIpc) is 1.77. The van der Waals surface area contributed by atoms with E-state index < -0.39 is 0 Å².